The molecule has 2 aromatic rings. The van der Waals surface area contributed by atoms with Crippen LogP contribution < -0.4 is 0 Å². The van der Waals surface area contributed by atoms with Crippen LogP contribution in [-0.2, 0) is 0 Å². The maximum absolute atomic E-state index is 13.5. The van der Waals surface area contributed by atoms with Crippen LogP contribution in [0.4, 0.5) is 4.39 Å². The van der Waals surface area contributed by atoms with Crippen molar-refractivity contribution in [2.45, 2.75) is 0 Å². The lowest BCUT2D eigenvalue weighted by Crippen LogP contribution is -1.98. The van der Waals surface area contributed by atoms with Gasteiger partial charge in [-0.1, -0.05) is 34.1 Å². The van der Waals surface area contributed by atoms with Gasteiger partial charge in [0.05, 0.1) is 11.1 Å². The minimum atomic E-state index is -1.02. The Morgan fingerprint density at radius 1 is 1.10 bits per heavy atom. The predicted molar refractivity (Wildman–Crippen MR) is 80.9 cm³/mol. The molecule has 3 nitrogen and oxygen atoms in total. The van der Waals surface area contributed by atoms with Gasteiger partial charge in [-0.05, 0) is 42.0 Å². The average Bonchev–Trinajstić information content (AvgIpc) is 2.47. The number of halogens is 2. The first-order chi connectivity index (χ1) is 9.97. The van der Waals surface area contributed by atoms with Crippen molar-refractivity contribution in [1.82, 2.24) is 0 Å². The van der Waals surface area contributed by atoms with E-state index in [1.807, 2.05) is 0 Å². The zero-order valence-corrected chi connectivity index (χ0v) is 12.3. The van der Waals surface area contributed by atoms with Crippen molar-refractivity contribution in [2.75, 3.05) is 0 Å². The monoisotopic (exact) mass is 348 g/mol. The van der Waals surface area contributed by atoms with E-state index < -0.39 is 17.6 Å². The van der Waals surface area contributed by atoms with Gasteiger partial charge in [0.15, 0.2) is 5.78 Å². The van der Waals surface area contributed by atoms with Crippen molar-refractivity contribution in [1.29, 1.82) is 0 Å². The van der Waals surface area contributed by atoms with Crippen molar-refractivity contribution in [3.05, 3.63) is 75.5 Å². The molecule has 0 aromatic heterocycles. The van der Waals surface area contributed by atoms with E-state index in [2.05, 4.69) is 15.9 Å². The van der Waals surface area contributed by atoms with Crippen LogP contribution in [0.5, 0.6) is 0 Å². The molecule has 0 aliphatic heterocycles. The predicted octanol–water partition coefficient (Wildman–Crippen LogP) is 4.18. The number of carbonyl (C=O) groups excluding carboxylic acids is 1. The van der Waals surface area contributed by atoms with E-state index in [0.29, 0.717) is 10.0 Å². The summed E-state index contributed by atoms with van der Waals surface area (Å²) in [6, 6.07) is 10.2. The van der Waals surface area contributed by atoms with Gasteiger partial charge in [0.25, 0.3) is 0 Å². The molecule has 0 fully saturated rings. The summed E-state index contributed by atoms with van der Waals surface area (Å²) in [7, 11) is 0. The largest absolute Gasteiger partial charge is 0.478 e. The molecule has 0 amide bonds. The number of benzene rings is 2. The second-order valence-corrected chi connectivity index (χ2v) is 5.16. The first-order valence-corrected chi connectivity index (χ1v) is 6.77. The smallest absolute Gasteiger partial charge is 0.335 e. The van der Waals surface area contributed by atoms with E-state index in [1.54, 1.807) is 12.1 Å². The third-order valence-electron chi connectivity index (χ3n) is 2.78. The van der Waals surface area contributed by atoms with E-state index in [4.69, 9.17) is 5.11 Å². The molecule has 5 heteroatoms. The van der Waals surface area contributed by atoms with E-state index in [-0.39, 0.29) is 11.1 Å². The Labute approximate surface area is 128 Å². The first kappa shape index (κ1) is 15.1. The van der Waals surface area contributed by atoms with E-state index in [0.717, 1.165) is 0 Å². The van der Waals surface area contributed by atoms with Crippen LogP contribution in [-0.4, -0.2) is 16.9 Å². The van der Waals surface area contributed by atoms with Crippen molar-refractivity contribution in [3.63, 3.8) is 0 Å². The number of rotatable bonds is 4. The highest BCUT2D eigenvalue weighted by molar-refractivity contribution is 9.10. The van der Waals surface area contributed by atoms with Gasteiger partial charge in [-0.3, -0.25) is 4.79 Å². The molecule has 1 N–H and O–H groups in total. The van der Waals surface area contributed by atoms with E-state index >= 15 is 0 Å². The molecule has 0 heterocycles. The third kappa shape index (κ3) is 3.86. The summed E-state index contributed by atoms with van der Waals surface area (Å²) in [5.41, 5.74) is 0.794. The lowest BCUT2D eigenvalue weighted by Gasteiger charge is -2.00. The number of ketones is 1. The molecule has 0 spiro atoms. The van der Waals surface area contributed by atoms with Gasteiger partial charge in [-0.2, -0.15) is 0 Å². The summed E-state index contributed by atoms with van der Waals surface area (Å²) in [4.78, 5) is 22.6. The van der Waals surface area contributed by atoms with E-state index in [1.165, 1.54) is 42.5 Å². The van der Waals surface area contributed by atoms with Crippen LogP contribution in [0.1, 0.15) is 26.3 Å². The SMILES string of the molecule is O=C(O)c1ccc(/C=C/C(=O)c2cc(Br)ccc2F)cc1. The highest BCUT2D eigenvalue weighted by Gasteiger charge is 2.09. The Kier molecular flexibility index (Phi) is 4.65. The van der Waals surface area contributed by atoms with Gasteiger partial charge in [-0.25, -0.2) is 9.18 Å². The molecule has 0 unspecified atom stereocenters. The summed E-state index contributed by atoms with van der Waals surface area (Å²) in [6.45, 7) is 0. The Hall–Kier alpha value is -2.27. The van der Waals surface area contributed by atoms with E-state index in [9.17, 15) is 14.0 Å². The van der Waals surface area contributed by atoms with Crippen LogP contribution in [0.15, 0.2) is 53.0 Å². The number of carboxylic acids is 1. The third-order valence-corrected chi connectivity index (χ3v) is 3.27. The molecule has 0 radical (unpaired) electrons. The Balaban J connectivity index is 2.18. The van der Waals surface area contributed by atoms with Crippen molar-refractivity contribution >= 4 is 33.8 Å². The molecule has 2 rings (SSSR count). The fraction of sp³-hybridized carbons (Fsp3) is 0. The van der Waals surface area contributed by atoms with Crippen LogP contribution in [0.3, 0.4) is 0 Å². The molecule has 0 aliphatic carbocycles. The standard InChI is InChI=1S/C16H10BrFO3/c17-12-6-7-14(18)13(9-12)15(19)8-3-10-1-4-11(5-2-10)16(20)21/h1-9H,(H,20,21)/b8-3+. The van der Waals surface area contributed by atoms with Crippen LogP contribution in [0.2, 0.25) is 0 Å². The number of aromatic carboxylic acids is 1. The zero-order valence-electron chi connectivity index (χ0n) is 10.7. The lowest BCUT2D eigenvalue weighted by molar-refractivity contribution is 0.0696. The molecular weight excluding hydrogens is 339 g/mol. The highest BCUT2D eigenvalue weighted by atomic mass is 79.9. The molecule has 21 heavy (non-hydrogen) atoms. The molecule has 0 saturated heterocycles. The molecule has 0 saturated carbocycles. The highest BCUT2D eigenvalue weighted by Crippen LogP contribution is 2.17. The molecule has 0 aliphatic rings. The summed E-state index contributed by atoms with van der Waals surface area (Å²) >= 11 is 3.18. The van der Waals surface area contributed by atoms with Crippen molar-refractivity contribution in [3.8, 4) is 0 Å². The summed E-state index contributed by atoms with van der Waals surface area (Å²) in [5, 5.41) is 8.78. The minimum Gasteiger partial charge on any atom is -0.478 e. The maximum atomic E-state index is 13.5. The second-order valence-electron chi connectivity index (χ2n) is 4.25. The first-order valence-electron chi connectivity index (χ1n) is 5.98. The van der Waals surface area contributed by atoms with Gasteiger partial charge in [-0.15, -0.1) is 0 Å². The number of allylic oxidation sites excluding steroid dienone is 1. The van der Waals surface area contributed by atoms with Crippen LogP contribution >= 0.6 is 15.9 Å². The Morgan fingerprint density at radius 2 is 1.76 bits per heavy atom. The van der Waals surface area contributed by atoms with Crippen molar-refractivity contribution < 1.29 is 19.1 Å². The van der Waals surface area contributed by atoms with Gasteiger partial charge in [0, 0.05) is 4.47 Å². The number of hydrogen-bond donors (Lipinski definition) is 1. The lowest BCUT2D eigenvalue weighted by atomic mass is 10.1. The van der Waals surface area contributed by atoms with Crippen molar-refractivity contribution in [2.24, 2.45) is 0 Å². The summed E-state index contributed by atoms with van der Waals surface area (Å²) < 4.78 is 14.2. The van der Waals surface area contributed by atoms with Gasteiger partial charge >= 0.3 is 5.97 Å². The number of carbonyl (C=O) groups is 2. The Morgan fingerprint density at radius 3 is 2.38 bits per heavy atom. The maximum Gasteiger partial charge on any atom is 0.335 e. The van der Waals surface area contributed by atoms with Gasteiger partial charge < -0.3 is 5.11 Å². The fourth-order valence-electron chi connectivity index (χ4n) is 1.68. The number of carboxylic acid groups (broad SMARTS) is 1. The molecule has 0 atom stereocenters. The van der Waals surface area contributed by atoms with Gasteiger partial charge in [0.2, 0.25) is 0 Å². The topological polar surface area (TPSA) is 54.4 Å². The fourth-order valence-corrected chi connectivity index (χ4v) is 2.05. The van der Waals surface area contributed by atoms with Crippen LogP contribution in [0, 0.1) is 5.82 Å². The summed E-state index contributed by atoms with van der Waals surface area (Å²) in [6.07, 6.45) is 2.76. The quantitative estimate of drug-likeness (QED) is 0.665. The number of hydrogen-bond acceptors (Lipinski definition) is 2. The zero-order chi connectivity index (χ0) is 15.4. The normalized spacial score (nSPS) is 10.8. The Bertz CT molecular complexity index is 721. The average molecular weight is 349 g/mol. The molecule has 106 valence electrons. The molecule has 0 bridgehead atoms. The molecule has 2 aromatic carbocycles. The summed E-state index contributed by atoms with van der Waals surface area (Å²) in [5.74, 6) is -2.07. The van der Waals surface area contributed by atoms with Gasteiger partial charge in [0.1, 0.15) is 5.82 Å². The molecular formula is C16H10BrFO3. The minimum absolute atomic E-state index is 0.0252. The second kappa shape index (κ2) is 6.45. The van der Waals surface area contributed by atoms with Crippen LogP contribution in [0.25, 0.3) is 6.08 Å².